The SMILES string of the molecule is CC(C)(C)n1ncc2c(=O)[nH]c(N3CCCC3c3ccsc3)nc21. The molecule has 1 N–H and O–H groups in total. The molecule has 0 aliphatic carbocycles. The van der Waals surface area contributed by atoms with Crippen molar-refractivity contribution in [1.29, 1.82) is 0 Å². The van der Waals surface area contributed by atoms with Crippen molar-refractivity contribution in [2.45, 2.75) is 45.2 Å². The summed E-state index contributed by atoms with van der Waals surface area (Å²) in [4.78, 5) is 22.5. The topological polar surface area (TPSA) is 66.8 Å². The maximum atomic E-state index is 12.5. The molecule has 0 bridgehead atoms. The number of fused-ring (bicyclic) bond motifs is 1. The van der Waals surface area contributed by atoms with Gasteiger partial charge in [-0.3, -0.25) is 9.78 Å². The highest BCUT2D eigenvalue weighted by molar-refractivity contribution is 7.08. The van der Waals surface area contributed by atoms with Crippen LogP contribution in [0.2, 0.25) is 0 Å². The van der Waals surface area contributed by atoms with Gasteiger partial charge in [-0.05, 0) is 56.0 Å². The monoisotopic (exact) mass is 343 g/mol. The van der Waals surface area contributed by atoms with Crippen molar-refractivity contribution in [3.63, 3.8) is 0 Å². The predicted octanol–water partition coefficient (Wildman–Crippen LogP) is 3.28. The molecule has 4 rings (SSSR count). The van der Waals surface area contributed by atoms with Crippen LogP contribution < -0.4 is 10.5 Å². The smallest absolute Gasteiger partial charge is 0.263 e. The summed E-state index contributed by atoms with van der Waals surface area (Å²) in [6, 6.07) is 2.44. The van der Waals surface area contributed by atoms with Crippen molar-refractivity contribution in [3.05, 3.63) is 38.9 Å². The van der Waals surface area contributed by atoms with Gasteiger partial charge in [0, 0.05) is 6.54 Å². The Balaban J connectivity index is 1.84. The van der Waals surface area contributed by atoms with Gasteiger partial charge in [0.25, 0.3) is 5.56 Å². The van der Waals surface area contributed by atoms with E-state index in [2.05, 4.69) is 52.6 Å². The minimum atomic E-state index is -0.225. The average molecular weight is 343 g/mol. The quantitative estimate of drug-likeness (QED) is 0.775. The molecule has 1 aliphatic heterocycles. The lowest BCUT2D eigenvalue weighted by atomic mass is 10.1. The van der Waals surface area contributed by atoms with E-state index in [4.69, 9.17) is 4.98 Å². The van der Waals surface area contributed by atoms with Gasteiger partial charge in [0.05, 0.1) is 17.8 Å². The van der Waals surface area contributed by atoms with E-state index in [9.17, 15) is 4.79 Å². The minimum Gasteiger partial charge on any atom is -0.335 e. The average Bonchev–Trinajstić information content (AvgIpc) is 3.25. The number of rotatable bonds is 2. The van der Waals surface area contributed by atoms with E-state index in [-0.39, 0.29) is 17.1 Å². The second-order valence-corrected chi connectivity index (χ2v) is 8.04. The van der Waals surface area contributed by atoms with E-state index in [1.165, 1.54) is 5.56 Å². The number of nitrogens with zero attached hydrogens (tertiary/aromatic N) is 4. The van der Waals surface area contributed by atoms with Gasteiger partial charge in [-0.15, -0.1) is 0 Å². The highest BCUT2D eigenvalue weighted by atomic mass is 32.1. The first-order valence-corrected chi connectivity index (χ1v) is 9.17. The number of aromatic nitrogens is 4. The summed E-state index contributed by atoms with van der Waals surface area (Å²) >= 11 is 1.70. The third-order valence-corrected chi connectivity index (χ3v) is 5.22. The second-order valence-electron chi connectivity index (χ2n) is 7.26. The first-order valence-electron chi connectivity index (χ1n) is 8.22. The molecule has 1 fully saturated rings. The normalized spacial score (nSPS) is 18.6. The summed E-state index contributed by atoms with van der Waals surface area (Å²) in [5.74, 6) is 0.646. The second kappa shape index (κ2) is 5.44. The molecular formula is C17H21N5OS. The third kappa shape index (κ3) is 2.43. The van der Waals surface area contributed by atoms with Gasteiger partial charge in [0.1, 0.15) is 5.39 Å². The molecule has 0 radical (unpaired) electrons. The van der Waals surface area contributed by atoms with Crippen LogP contribution in [0.1, 0.15) is 45.2 Å². The van der Waals surface area contributed by atoms with Gasteiger partial charge in [-0.25, -0.2) is 4.68 Å². The predicted molar refractivity (Wildman–Crippen MR) is 96.8 cm³/mol. The van der Waals surface area contributed by atoms with Crippen molar-refractivity contribution in [1.82, 2.24) is 19.7 Å². The van der Waals surface area contributed by atoms with Crippen molar-refractivity contribution >= 4 is 28.3 Å². The zero-order chi connectivity index (χ0) is 16.9. The Morgan fingerprint density at radius 3 is 2.92 bits per heavy atom. The molecule has 6 nitrogen and oxygen atoms in total. The lowest BCUT2D eigenvalue weighted by molar-refractivity contribution is 0.366. The fourth-order valence-electron chi connectivity index (χ4n) is 3.37. The van der Waals surface area contributed by atoms with Crippen molar-refractivity contribution in [3.8, 4) is 0 Å². The highest BCUT2D eigenvalue weighted by Crippen LogP contribution is 2.35. The number of hydrogen-bond acceptors (Lipinski definition) is 5. The van der Waals surface area contributed by atoms with E-state index in [0.29, 0.717) is 17.0 Å². The first kappa shape index (κ1) is 15.4. The number of nitrogens with one attached hydrogen (secondary N) is 1. The summed E-state index contributed by atoms with van der Waals surface area (Å²) in [6.45, 7) is 7.09. The molecule has 3 aromatic heterocycles. The molecule has 7 heteroatoms. The van der Waals surface area contributed by atoms with Crippen LogP contribution in [0.4, 0.5) is 5.95 Å². The van der Waals surface area contributed by atoms with Crippen LogP contribution >= 0.6 is 11.3 Å². The summed E-state index contributed by atoms with van der Waals surface area (Å²) < 4.78 is 1.83. The van der Waals surface area contributed by atoms with E-state index < -0.39 is 0 Å². The summed E-state index contributed by atoms with van der Waals surface area (Å²) in [5.41, 5.74) is 1.60. The summed E-state index contributed by atoms with van der Waals surface area (Å²) in [6.07, 6.45) is 3.79. The van der Waals surface area contributed by atoms with Crippen LogP contribution in [-0.4, -0.2) is 26.3 Å². The van der Waals surface area contributed by atoms with Crippen LogP contribution in [0, 0.1) is 0 Å². The number of aromatic amines is 1. The molecule has 0 spiro atoms. The molecular weight excluding hydrogens is 322 g/mol. The fourth-order valence-corrected chi connectivity index (χ4v) is 4.07. The molecule has 0 saturated carbocycles. The molecule has 0 aromatic carbocycles. The molecule has 1 saturated heterocycles. The molecule has 0 amide bonds. The molecule has 126 valence electrons. The van der Waals surface area contributed by atoms with E-state index >= 15 is 0 Å². The van der Waals surface area contributed by atoms with Crippen LogP contribution in [0.3, 0.4) is 0 Å². The van der Waals surface area contributed by atoms with Crippen molar-refractivity contribution in [2.75, 3.05) is 11.4 Å². The van der Waals surface area contributed by atoms with E-state index in [1.807, 2.05) is 4.68 Å². The lowest BCUT2D eigenvalue weighted by Gasteiger charge is -2.25. The maximum absolute atomic E-state index is 12.5. The number of hydrogen-bond donors (Lipinski definition) is 1. The van der Waals surface area contributed by atoms with Crippen LogP contribution in [-0.2, 0) is 5.54 Å². The lowest BCUT2D eigenvalue weighted by Crippen LogP contribution is -2.28. The molecule has 1 unspecified atom stereocenters. The maximum Gasteiger partial charge on any atom is 0.263 e. The summed E-state index contributed by atoms with van der Waals surface area (Å²) in [7, 11) is 0. The minimum absolute atomic E-state index is 0.124. The fraction of sp³-hybridized carbons (Fsp3) is 0.471. The standard InChI is InChI=1S/C17H21N5OS/c1-17(2,3)22-14-12(9-18-22)15(23)20-16(19-14)21-7-4-5-13(21)11-6-8-24-10-11/h6,8-10,13H,4-5,7H2,1-3H3,(H,19,20,23). The Morgan fingerprint density at radius 1 is 1.38 bits per heavy atom. The Kier molecular flexibility index (Phi) is 3.49. The number of H-pyrrole nitrogens is 1. The Bertz CT molecular complexity index is 919. The Morgan fingerprint density at radius 2 is 2.21 bits per heavy atom. The zero-order valence-corrected chi connectivity index (χ0v) is 14.9. The molecule has 24 heavy (non-hydrogen) atoms. The van der Waals surface area contributed by atoms with Gasteiger partial charge >= 0.3 is 0 Å². The van der Waals surface area contributed by atoms with Gasteiger partial charge in [-0.2, -0.15) is 21.4 Å². The van der Waals surface area contributed by atoms with Crippen LogP contribution in [0.5, 0.6) is 0 Å². The van der Waals surface area contributed by atoms with Crippen LogP contribution in [0.25, 0.3) is 11.0 Å². The van der Waals surface area contributed by atoms with Crippen molar-refractivity contribution < 1.29 is 0 Å². The van der Waals surface area contributed by atoms with E-state index in [0.717, 1.165) is 19.4 Å². The Hall–Kier alpha value is -2.15. The van der Waals surface area contributed by atoms with Gasteiger partial charge in [0.15, 0.2) is 5.65 Å². The number of thiophene rings is 1. The molecule has 3 aromatic rings. The first-order chi connectivity index (χ1) is 11.4. The van der Waals surface area contributed by atoms with Gasteiger partial charge in [-0.1, -0.05) is 0 Å². The van der Waals surface area contributed by atoms with Gasteiger partial charge in [0.2, 0.25) is 5.95 Å². The molecule has 4 heterocycles. The van der Waals surface area contributed by atoms with Gasteiger partial charge < -0.3 is 4.90 Å². The third-order valence-electron chi connectivity index (χ3n) is 4.51. The summed E-state index contributed by atoms with van der Waals surface area (Å²) in [5, 5.41) is 9.20. The van der Waals surface area contributed by atoms with E-state index in [1.54, 1.807) is 17.5 Å². The molecule has 1 atom stereocenters. The highest BCUT2D eigenvalue weighted by Gasteiger charge is 2.29. The van der Waals surface area contributed by atoms with Crippen LogP contribution in [0.15, 0.2) is 27.8 Å². The van der Waals surface area contributed by atoms with Crippen molar-refractivity contribution in [2.24, 2.45) is 0 Å². The largest absolute Gasteiger partial charge is 0.335 e. The molecule has 1 aliphatic rings. The number of anilines is 1. The Labute approximate surface area is 144 Å². The zero-order valence-electron chi connectivity index (χ0n) is 14.1.